The van der Waals surface area contributed by atoms with E-state index in [1.54, 1.807) is 47.6 Å². The third kappa shape index (κ3) is 4.29. The average Bonchev–Trinajstić information content (AvgIpc) is 3.21. The molecule has 1 aliphatic rings. The summed E-state index contributed by atoms with van der Waals surface area (Å²) in [6, 6.07) is 9.18. The lowest BCUT2D eigenvalue weighted by Crippen LogP contribution is -2.24. The van der Waals surface area contributed by atoms with E-state index in [1.165, 1.54) is 6.08 Å². The van der Waals surface area contributed by atoms with Gasteiger partial charge >= 0.3 is 0 Å². The number of methoxy groups -OCH3 is 1. The Kier molecular flexibility index (Phi) is 5.55. The third-order valence-corrected chi connectivity index (χ3v) is 5.39. The van der Waals surface area contributed by atoms with E-state index >= 15 is 0 Å². The number of ether oxygens (including phenoxy) is 1. The van der Waals surface area contributed by atoms with Crippen molar-refractivity contribution in [1.29, 1.82) is 0 Å². The Morgan fingerprint density at radius 3 is 2.84 bits per heavy atom. The highest BCUT2D eigenvalue weighted by atomic mass is 79.9. The monoisotopic (exact) mass is 420 g/mol. The molecule has 0 unspecified atom stereocenters. The molecule has 1 N–H and O–H groups in total. The van der Waals surface area contributed by atoms with Crippen molar-refractivity contribution in [2.24, 2.45) is 0 Å². The molecule has 1 aromatic heterocycles. The summed E-state index contributed by atoms with van der Waals surface area (Å²) in [4.78, 5) is 26.7. The fraction of sp³-hybridized carbons (Fsp3) is 0.222. The van der Waals surface area contributed by atoms with Crippen LogP contribution in [0, 0.1) is 0 Å². The van der Waals surface area contributed by atoms with Crippen LogP contribution in [-0.4, -0.2) is 25.5 Å². The molecule has 5 nitrogen and oxygen atoms in total. The Hall–Kier alpha value is -2.12. The van der Waals surface area contributed by atoms with E-state index in [2.05, 4.69) is 21.2 Å². The van der Waals surface area contributed by atoms with Gasteiger partial charge in [0.05, 0.1) is 16.6 Å². The van der Waals surface area contributed by atoms with Crippen molar-refractivity contribution in [3.05, 3.63) is 45.1 Å². The number of hydrogen-bond donors (Lipinski definition) is 1. The second-order valence-electron chi connectivity index (χ2n) is 5.50. The van der Waals surface area contributed by atoms with Crippen molar-refractivity contribution in [2.75, 3.05) is 23.9 Å². The summed E-state index contributed by atoms with van der Waals surface area (Å²) in [7, 11) is 1.56. The predicted molar refractivity (Wildman–Crippen MR) is 104 cm³/mol. The molecule has 0 aliphatic carbocycles. The van der Waals surface area contributed by atoms with Gasteiger partial charge in [-0.05, 0) is 52.7 Å². The van der Waals surface area contributed by atoms with Crippen molar-refractivity contribution in [1.82, 2.24) is 0 Å². The summed E-state index contributed by atoms with van der Waals surface area (Å²) < 4.78 is 6.41. The lowest BCUT2D eigenvalue weighted by Gasteiger charge is -2.19. The van der Waals surface area contributed by atoms with Crippen LogP contribution < -0.4 is 15.0 Å². The van der Waals surface area contributed by atoms with Gasteiger partial charge in [-0.25, -0.2) is 0 Å². The molecule has 2 heterocycles. The van der Waals surface area contributed by atoms with Crippen molar-refractivity contribution in [3.63, 3.8) is 0 Å². The quantitative estimate of drug-likeness (QED) is 0.733. The topological polar surface area (TPSA) is 58.6 Å². The number of nitrogens with one attached hydrogen (secondary N) is 1. The molecule has 1 aliphatic heterocycles. The minimum absolute atomic E-state index is 0.0973. The van der Waals surface area contributed by atoms with Gasteiger partial charge in [-0.15, -0.1) is 11.3 Å². The van der Waals surface area contributed by atoms with Gasteiger partial charge in [0.2, 0.25) is 11.8 Å². The molecule has 1 aromatic carbocycles. The third-order valence-electron chi connectivity index (χ3n) is 3.80. The molecule has 0 spiro atoms. The Morgan fingerprint density at radius 2 is 2.20 bits per heavy atom. The van der Waals surface area contributed by atoms with E-state index in [9.17, 15) is 9.59 Å². The molecule has 2 aromatic rings. The number of carbonyl (C=O) groups excluding carboxylic acids is 2. The van der Waals surface area contributed by atoms with Crippen LogP contribution in [0.3, 0.4) is 0 Å². The van der Waals surface area contributed by atoms with Gasteiger partial charge in [-0.3, -0.25) is 9.59 Å². The number of thiophene rings is 1. The van der Waals surface area contributed by atoms with E-state index in [0.29, 0.717) is 24.4 Å². The van der Waals surface area contributed by atoms with Crippen LogP contribution >= 0.6 is 27.3 Å². The number of nitrogens with zero attached hydrogens (tertiary/aromatic N) is 1. The van der Waals surface area contributed by atoms with Gasteiger partial charge in [-0.2, -0.15) is 0 Å². The largest absolute Gasteiger partial charge is 0.494 e. The number of amides is 2. The van der Waals surface area contributed by atoms with E-state index < -0.39 is 0 Å². The summed E-state index contributed by atoms with van der Waals surface area (Å²) in [5.41, 5.74) is 1.36. The highest BCUT2D eigenvalue weighted by Gasteiger charge is 2.24. The number of anilines is 2. The summed E-state index contributed by atoms with van der Waals surface area (Å²) in [6.07, 6.45) is 4.66. The lowest BCUT2D eigenvalue weighted by atomic mass is 10.2. The fourth-order valence-corrected chi connectivity index (χ4v) is 3.97. The number of rotatable bonds is 5. The summed E-state index contributed by atoms with van der Waals surface area (Å²) in [5, 5.41) is 2.81. The molecular weight excluding hydrogens is 404 g/mol. The van der Waals surface area contributed by atoms with Crippen LogP contribution in [0.2, 0.25) is 0 Å². The van der Waals surface area contributed by atoms with Crippen molar-refractivity contribution in [2.45, 2.75) is 12.8 Å². The average molecular weight is 421 g/mol. The Labute approximate surface area is 158 Å². The minimum atomic E-state index is -0.225. The van der Waals surface area contributed by atoms with Crippen LogP contribution in [-0.2, 0) is 9.59 Å². The smallest absolute Gasteiger partial charge is 0.248 e. The first kappa shape index (κ1) is 17.7. The van der Waals surface area contributed by atoms with Crippen LogP contribution in [0.5, 0.6) is 5.75 Å². The second kappa shape index (κ2) is 7.84. The zero-order valence-electron chi connectivity index (χ0n) is 13.6. The molecule has 0 atom stereocenters. The number of hydrogen-bond acceptors (Lipinski definition) is 4. The molecule has 0 saturated carbocycles. The summed E-state index contributed by atoms with van der Waals surface area (Å²) >= 11 is 4.94. The normalized spacial score (nSPS) is 14.3. The van der Waals surface area contributed by atoms with Gasteiger partial charge in [0.15, 0.2) is 0 Å². The molecule has 25 heavy (non-hydrogen) atoms. The maximum atomic E-state index is 12.1. The van der Waals surface area contributed by atoms with Crippen molar-refractivity contribution < 1.29 is 14.3 Å². The summed E-state index contributed by atoms with van der Waals surface area (Å²) in [6.45, 7) is 0.694. The van der Waals surface area contributed by atoms with Gasteiger partial charge in [0.25, 0.3) is 0 Å². The van der Waals surface area contributed by atoms with Crippen molar-refractivity contribution in [3.8, 4) is 5.75 Å². The number of carbonyl (C=O) groups is 2. The van der Waals surface area contributed by atoms with E-state index in [1.807, 2.05) is 12.1 Å². The molecule has 0 bridgehead atoms. The van der Waals surface area contributed by atoms with Gasteiger partial charge in [-0.1, -0.05) is 0 Å². The first-order valence-electron chi connectivity index (χ1n) is 7.79. The minimum Gasteiger partial charge on any atom is -0.494 e. The zero-order valence-corrected chi connectivity index (χ0v) is 16.0. The van der Waals surface area contributed by atoms with E-state index in [-0.39, 0.29) is 11.8 Å². The van der Waals surface area contributed by atoms with Crippen LogP contribution in [0.1, 0.15) is 17.7 Å². The molecule has 2 amide bonds. The van der Waals surface area contributed by atoms with Gasteiger partial charge < -0.3 is 15.0 Å². The number of benzene rings is 1. The van der Waals surface area contributed by atoms with Crippen molar-refractivity contribution >= 4 is 56.5 Å². The molecule has 7 heteroatoms. The highest BCUT2D eigenvalue weighted by molar-refractivity contribution is 9.11. The van der Waals surface area contributed by atoms with Crippen LogP contribution in [0.4, 0.5) is 11.4 Å². The predicted octanol–water partition coefficient (Wildman–Crippen LogP) is 4.30. The van der Waals surface area contributed by atoms with E-state index in [0.717, 1.165) is 20.8 Å². The number of halogens is 1. The molecule has 0 radical (unpaired) electrons. The highest BCUT2D eigenvalue weighted by Crippen LogP contribution is 2.33. The molecule has 130 valence electrons. The van der Waals surface area contributed by atoms with Gasteiger partial charge in [0, 0.05) is 35.7 Å². The maximum absolute atomic E-state index is 12.1. The Balaban J connectivity index is 1.71. The second-order valence-corrected chi connectivity index (χ2v) is 7.99. The molecular formula is C18H17BrN2O3S. The Morgan fingerprint density at radius 1 is 1.36 bits per heavy atom. The maximum Gasteiger partial charge on any atom is 0.248 e. The molecule has 3 rings (SSSR count). The summed E-state index contributed by atoms with van der Waals surface area (Å²) in [5.74, 6) is 0.441. The Bertz CT molecular complexity index is 831. The zero-order chi connectivity index (χ0) is 17.8. The van der Waals surface area contributed by atoms with E-state index in [4.69, 9.17) is 4.74 Å². The van der Waals surface area contributed by atoms with Gasteiger partial charge in [0.1, 0.15) is 5.75 Å². The molecule has 1 fully saturated rings. The van der Waals surface area contributed by atoms with Crippen LogP contribution in [0.15, 0.2) is 40.2 Å². The first-order chi connectivity index (χ1) is 12.1. The molecule has 1 saturated heterocycles. The van der Waals surface area contributed by atoms with Crippen LogP contribution in [0.25, 0.3) is 6.08 Å². The SMILES string of the molecule is COc1cc(NC(=O)/C=C/c2ccc(Br)s2)ccc1N1CCCC1=O. The standard InChI is InChI=1S/C18H17BrN2O3S/c1-24-15-11-12(4-7-14(15)21-10-2-3-18(21)23)20-17(22)9-6-13-5-8-16(19)25-13/h4-9,11H,2-3,10H2,1H3,(H,20,22)/b9-6+. The lowest BCUT2D eigenvalue weighted by molar-refractivity contribution is -0.117. The fourth-order valence-electron chi connectivity index (χ4n) is 2.64. The first-order valence-corrected chi connectivity index (χ1v) is 9.40.